The molecule has 0 aliphatic heterocycles. The third kappa shape index (κ3) is 3.70. The number of nitrogens with one attached hydrogen (secondary N) is 2. The minimum Gasteiger partial charge on any atom is -0.342 e. The molecule has 0 saturated carbocycles. The Kier molecular flexibility index (Phi) is 4.53. The van der Waals surface area contributed by atoms with E-state index in [1.165, 1.54) is 5.56 Å². The number of aryl methyl sites for hydroxylation is 1. The van der Waals surface area contributed by atoms with Gasteiger partial charge < -0.3 is 10.3 Å². The first-order valence-electron chi connectivity index (χ1n) is 6.58. The maximum Gasteiger partial charge on any atom is 0.106 e. The van der Waals surface area contributed by atoms with Crippen molar-refractivity contribution in [3.63, 3.8) is 0 Å². The molecule has 0 aliphatic rings. The van der Waals surface area contributed by atoms with E-state index in [-0.39, 0.29) is 0 Å². The molecular formula is C15H21N3. The van der Waals surface area contributed by atoms with Crippen molar-refractivity contribution in [1.82, 2.24) is 15.3 Å². The normalized spacial score (nSPS) is 11.1. The molecule has 0 spiro atoms. The number of nitrogens with zero attached hydrogens (tertiary/aromatic N) is 1. The van der Waals surface area contributed by atoms with Crippen LogP contribution in [-0.4, -0.2) is 22.6 Å². The van der Waals surface area contributed by atoms with Crippen LogP contribution in [0.25, 0.3) is 11.3 Å². The van der Waals surface area contributed by atoms with E-state index in [9.17, 15) is 0 Å². The maximum atomic E-state index is 4.43. The van der Waals surface area contributed by atoms with Gasteiger partial charge in [0.15, 0.2) is 0 Å². The molecule has 0 bridgehead atoms. The lowest BCUT2D eigenvalue weighted by Crippen LogP contribution is -2.24. The van der Waals surface area contributed by atoms with Gasteiger partial charge in [0.1, 0.15) is 5.82 Å². The molecule has 0 amide bonds. The number of aromatic nitrogens is 2. The van der Waals surface area contributed by atoms with Crippen LogP contribution in [0.2, 0.25) is 0 Å². The summed E-state index contributed by atoms with van der Waals surface area (Å²) in [6.45, 7) is 5.37. The van der Waals surface area contributed by atoms with Gasteiger partial charge in [-0.2, -0.15) is 0 Å². The molecule has 3 heteroatoms. The molecule has 0 fully saturated rings. The third-order valence-electron chi connectivity index (χ3n) is 2.86. The Morgan fingerprint density at radius 1 is 1.22 bits per heavy atom. The van der Waals surface area contributed by atoms with E-state index in [1.54, 1.807) is 0 Å². The van der Waals surface area contributed by atoms with Gasteiger partial charge in [-0.15, -0.1) is 0 Å². The second-order valence-electron chi connectivity index (χ2n) is 4.82. The Balaban J connectivity index is 1.87. The van der Waals surface area contributed by atoms with Crippen molar-refractivity contribution in [2.75, 3.05) is 6.54 Å². The molecule has 18 heavy (non-hydrogen) atoms. The summed E-state index contributed by atoms with van der Waals surface area (Å²) >= 11 is 0. The fraction of sp³-hybridized carbons (Fsp3) is 0.400. The molecule has 0 aliphatic carbocycles. The van der Waals surface area contributed by atoms with Crippen molar-refractivity contribution in [3.8, 4) is 11.3 Å². The van der Waals surface area contributed by atoms with Crippen LogP contribution >= 0.6 is 0 Å². The van der Waals surface area contributed by atoms with Gasteiger partial charge in [-0.25, -0.2) is 4.98 Å². The van der Waals surface area contributed by atoms with E-state index >= 15 is 0 Å². The molecular weight excluding hydrogens is 222 g/mol. The summed E-state index contributed by atoms with van der Waals surface area (Å²) < 4.78 is 0. The SMILES string of the molecule is CC(C)NCCCc1ncc(-c2ccccc2)[nH]1. The van der Waals surface area contributed by atoms with E-state index < -0.39 is 0 Å². The number of hydrogen-bond acceptors (Lipinski definition) is 2. The molecule has 0 atom stereocenters. The highest BCUT2D eigenvalue weighted by Crippen LogP contribution is 2.16. The first kappa shape index (κ1) is 12.8. The standard InChI is InChI=1S/C15H21N3/c1-12(2)16-10-6-9-15-17-11-14(18-15)13-7-4-3-5-8-13/h3-5,7-8,11-12,16H,6,9-10H2,1-2H3,(H,17,18). The number of benzene rings is 1. The van der Waals surface area contributed by atoms with Crippen molar-refractivity contribution >= 4 is 0 Å². The second-order valence-corrected chi connectivity index (χ2v) is 4.82. The minimum atomic E-state index is 0.557. The highest BCUT2D eigenvalue weighted by atomic mass is 14.9. The summed E-state index contributed by atoms with van der Waals surface area (Å²) in [4.78, 5) is 7.80. The fourth-order valence-corrected chi connectivity index (χ4v) is 1.90. The number of H-pyrrole nitrogens is 1. The van der Waals surface area contributed by atoms with Gasteiger partial charge in [0.25, 0.3) is 0 Å². The second kappa shape index (κ2) is 6.36. The van der Waals surface area contributed by atoms with Gasteiger partial charge in [0.05, 0.1) is 11.9 Å². The average Bonchev–Trinajstić information content (AvgIpc) is 2.84. The molecule has 1 heterocycles. The zero-order valence-electron chi connectivity index (χ0n) is 11.1. The van der Waals surface area contributed by atoms with Crippen LogP contribution in [0.4, 0.5) is 0 Å². The Morgan fingerprint density at radius 2 is 2.00 bits per heavy atom. The third-order valence-corrected chi connectivity index (χ3v) is 2.86. The smallest absolute Gasteiger partial charge is 0.106 e. The lowest BCUT2D eigenvalue weighted by Gasteiger charge is -2.06. The van der Waals surface area contributed by atoms with Crippen molar-refractivity contribution < 1.29 is 0 Å². The van der Waals surface area contributed by atoms with E-state index in [4.69, 9.17) is 0 Å². The lowest BCUT2D eigenvalue weighted by molar-refractivity contribution is 0.567. The maximum absolute atomic E-state index is 4.43. The Morgan fingerprint density at radius 3 is 2.72 bits per heavy atom. The summed E-state index contributed by atoms with van der Waals surface area (Å²) in [5.74, 6) is 1.07. The fourth-order valence-electron chi connectivity index (χ4n) is 1.90. The number of hydrogen-bond donors (Lipinski definition) is 2. The number of aromatic amines is 1. The zero-order chi connectivity index (χ0) is 12.8. The first-order valence-corrected chi connectivity index (χ1v) is 6.58. The summed E-state index contributed by atoms with van der Waals surface area (Å²) in [6, 6.07) is 10.9. The molecule has 2 N–H and O–H groups in total. The van der Waals surface area contributed by atoms with Crippen molar-refractivity contribution in [2.24, 2.45) is 0 Å². The summed E-state index contributed by atoms with van der Waals surface area (Å²) in [5, 5.41) is 3.41. The largest absolute Gasteiger partial charge is 0.342 e. The molecule has 0 saturated heterocycles. The van der Waals surface area contributed by atoms with Crippen LogP contribution < -0.4 is 5.32 Å². The number of imidazole rings is 1. The predicted octanol–water partition coefficient (Wildman–Crippen LogP) is 3.01. The summed E-state index contributed by atoms with van der Waals surface area (Å²) in [6.07, 6.45) is 4.02. The highest BCUT2D eigenvalue weighted by molar-refractivity contribution is 5.57. The van der Waals surface area contributed by atoms with Crippen molar-refractivity contribution in [3.05, 3.63) is 42.4 Å². The quantitative estimate of drug-likeness (QED) is 0.766. The van der Waals surface area contributed by atoms with Gasteiger partial charge in [-0.1, -0.05) is 44.2 Å². The summed E-state index contributed by atoms with van der Waals surface area (Å²) in [7, 11) is 0. The van der Waals surface area contributed by atoms with Crippen LogP contribution in [0.5, 0.6) is 0 Å². The highest BCUT2D eigenvalue weighted by Gasteiger charge is 2.02. The van der Waals surface area contributed by atoms with Crippen LogP contribution in [0.1, 0.15) is 26.1 Å². The van der Waals surface area contributed by atoms with Gasteiger partial charge in [0, 0.05) is 12.5 Å². The summed E-state index contributed by atoms with van der Waals surface area (Å²) in [5.41, 5.74) is 2.29. The van der Waals surface area contributed by atoms with Crippen LogP contribution in [0.3, 0.4) is 0 Å². The molecule has 96 valence electrons. The molecule has 1 aromatic heterocycles. The lowest BCUT2D eigenvalue weighted by atomic mass is 10.2. The van der Waals surface area contributed by atoms with Gasteiger partial charge >= 0.3 is 0 Å². The first-order chi connectivity index (χ1) is 8.75. The molecule has 1 aromatic carbocycles. The van der Waals surface area contributed by atoms with Crippen molar-refractivity contribution in [1.29, 1.82) is 0 Å². The number of rotatable bonds is 6. The predicted molar refractivity (Wildman–Crippen MR) is 75.5 cm³/mol. The molecule has 0 unspecified atom stereocenters. The van der Waals surface area contributed by atoms with Crippen LogP contribution in [0, 0.1) is 0 Å². The van der Waals surface area contributed by atoms with E-state index in [0.717, 1.165) is 30.9 Å². The molecule has 2 rings (SSSR count). The Labute approximate surface area is 109 Å². The molecule has 2 aromatic rings. The molecule has 0 radical (unpaired) electrons. The van der Waals surface area contributed by atoms with Gasteiger partial charge in [-0.3, -0.25) is 0 Å². The van der Waals surface area contributed by atoms with Crippen molar-refractivity contribution in [2.45, 2.75) is 32.7 Å². The Bertz CT molecular complexity index is 460. The van der Waals surface area contributed by atoms with E-state index in [1.807, 2.05) is 24.4 Å². The monoisotopic (exact) mass is 243 g/mol. The average molecular weight is 243 g/mol. The minimum absolute atomic E-state index is 0.557. The van der Waals surface area contributed by atoms with E-state index in [2.05, 4.69) is 41.3 Å². The zero-order valence-corrected chi connectivity index (χ0v) is 11.1. The van der Waals surface area contributed by atoms with Crippen LogP contribution in [0.15, 0.2) is 36.5 Å². The van der Waals surface area contributed by atoms with Gasteiger partial charge in [-0.05, 0) is 18.5 Å². The van der Waals surface area contributed by atoms with Gasteiger partial charge in [0.2, 0.25) is 0 Å². The topological polar surface area (TPSA) is 40.7 Å². The van der Waals surface area contributed by atoms with Crippen LogP contribution in [-0.2, 0) is 6.42 Å². The van der Waals surface area contributed by atoms with E-state index in [0.29, 0.717) is 6.04 Å². The Hall–Kier alpha value is -1.61. The molecule has 3 nitrogen and oxygen atoms in total.